The number of nitrogens with zero attached hydrogens (tertiary/aromatic N) is 1. The molecule has 0 amide bonds. The first-order chi connectivity index (χ1) is 12.9. The van der Waals surface area contributed by atoms with Crippen LogP contribution in [0, 0.1) is 10.1 Å². The van der Waals surface area contributed by atoms with Gasteiger partial charge in [-0.15, -0.1) is 0 Å². The molecule has 0 saturated carbocycles. The van der Waals surface area contributed by atoms with E-state index in [4.69, 9.17) is 4.42 Å². The van der Waals surface area contributed by atoms with Gasteiger partial charge < -0.3 is 4.42 Å². The van der Waals surface area contributed by atoms with E-state index in [1.165, 1.54) is 24.3 Å². The highest BCUT2D eigenvalue weighted by Gasteiger charge is 2.15. The van der Waals surface area contributed by atoms with Crippen LogP contribution in [0.4, 0.5) is 11.4 Å². The van der Waals surface area contributed by atoms with Crippen LogP contribution in [0.3, 0.4) is 0 Å². The minimum Gasteiger partial charge on any atom is -0.456 e. The Kier molecular flexibility index (Phi) is 4.04. The maximum atomic E-state index is 12.4. The summed E-state index contributed by atoms with van der Waals surface area (Å²) < 4.78 is 33.1. The van der Waals surface area contributed by atoms with Crippen LogP contribution >= 0.6 is 0 Å². The van der Waals surface area contributed by atoms with Crippen molar-refractivity contribution in [3.8, 4) is 0 Å². The van der Waals surface area contributed by atoms with E-state index in [9.17, 15) is 18.5 Å². The second-order valence-electron chi connectivity index (χ2n) is 6.09. The molecule has 4 aromatic rings. The van der Waals surface area contributed by atoms with Crippen molar-refractivity contribution in [3.05, 3.63) is 82.4 Å². The Bertz CT molecular complexity index is 1260. The predicted octanol–water partition coefficient (Wildman–Crippen LogP) is 4.44. The lowest BCUT2D eigenvalue weighted by Crippen LogP contribution is -2.15. The van der Waals surface area contributed by atoms with E-state index in [2.05, 4.69) is 4.72 Å². The molecule has 7 nitrogen and oxygen atoms in total. The van der Waals surface area contributed by atoms with Crippen LogP contribution in [0.25, 0.3) is 21.9 Å². The van der Waals surface area contributed by atoms with Gasteiger partial charge in [-0.2, -0.15) is 0 Å². The number of hydrogen-bond donors (Lipinski definition) is 1. The fraction of sp³-hybridized carbons (Fsp3) is 0.0526. The van der Waals surface area contributed by atoms with Crippen molar-refractivity contribution in [2.24, 2.45) is 0 Å². The molecule has 0 aliphatic rings. The van der Waals surface area contributed by atoms with Gasteiger partial charge in [-0.05, 0) is 23.8 Å². The molecule has 27 heavy (non-hydrogen) atoms. The van der Waals surface area contributed by atoms with Crippen LogP contribution in [-0.4, -0.2) is 13.3 Å². The van der Waals surface area contributed by atoms with Crippen molar-refractivity contribution < 1.29 is 17.8 Å². The van der Waals surface area contributed by atoms with Crippen molar-refractivity contribution in [3.63, 3.8) is 0 Å². The molecule has 0 atom stereocenters. The Morgan fingerprint density at radius 3 is 2.37 bits per heavy atom. The Hall–Kier alpha value is -3.39. The van der Waals surface area contributed by atoms with Crippen molar-refractivity contribution in [2.45, 2.75) is 5.75 Å². The standard InChI is InChI=1S/C19H14N2O5S/c22-21(23)15-8-5-13(6-9-15)12-27(24,25)20-14-7-10-17-16-3-1-2-4-18(16)26-19(17)11-14/h1-11,20H,12H2. The van der Waals surface area contributed by atoms with E-state index in [1.807, 2.05) is 30.3 Å². The summed E-state index contributed by atoms with van der Waals surface area (Å²) in [5, 5.41) is 12.5. The van der Waals surface area contributed by atoms with Crippen LogP contribution in [-0.2, 0) is 15.8 Å². The maximum Gasteiger partial charge on any atom is 0.269 e. The van der Waals surface area contributed by atoms with E-state index >= 15 is 0 Å². The number of rotatable bonds is 5. The molecular weight excluding hydrogens is 368 g/mol. The summed E-state index contributed by atoms with van der Waals surface area (Å²) in [5.41, 5.74) is 2.09. The Balaban J connectivity index is 1.58. The normalized spacial score (nSPS) is 11.7. The predicted molar refractivity (Wildman–Crippen MR) is 103 cm³/mol. The zero-order valence-electron chi connectivity index (χ0n) is 14.0. The molecule has 8 heteroatoms. The molecule has 0 spiro atoms. The van der Waals surface area contributed by atoms with Gasteiger partial charge in [0.1, 0.15) is 11.2 Å². The third kappa shape index (κ3) is 3.47. The summed E-state index contributed by atoms with van der Waals surface area (Å²) in [6.45, 7) is 0. The van der Waals surface area contributed by atoms with E-state index < -0.39 is 14.9 Å². The summed E-state index contributed by atoms with van der Waals surface area (Å²) in [4.78, 5) is 10.1. The van der Waals surface area contributed by atoms with E-state index in [0.29, 0.717) is 16.8 Å². The van der Waals surface area contributed by atoms with Gasteiger partial charge in [0.15, 0.2) is 0 Å². The van der Waals surface area contributed by atoms with Crippen LogP contribution in [0.1, 0.15) is 5.56 Å². The monoisotopic (exact) mass is 382 g/mol. The number of furan rings is 1. The van der Waals surface area contributed by atoms with E-state index in [-0.39, 0.29) is 11.4 Å². The molecule has 1 aromatic heterocycles. The Labute approximate surface area is 154 Å². The molecule has 0 aliphatic heterocycles. The largest absolute Gasteiger partial charge is 0.456 e. The van der Waals surface area contributed by atoms with Crippen LogP contribution in [0.15, 0.2) is 71.1 Å². The number of nitro groups is 1. The molecule has 136 valence electrons. The fourth-order valence-corrected chi connectivity index (χ4v) is 4.13. The average Bonchev–Trinajstić information content (AvgIpc) is 2.99. The van der Waals surface area contributed by atoms with Gasteiger partial charge in [0.2, 0.25) is 10.0 Å². The Morgan fingerprint density at radius 1 is 0.926 bits per heavy atom. The van der Waals surface area contributed by atoms with Crippen LogP contribution in [0.5, 0.6) is 0 Å². The molecule has 1 heterocycles. The number of non-ortho nitro benzene ring substituents is 1. The summed E-state index contributed by atoms with van der Waals surface area (Å²) in [6.07, 6.45) is 0. The second kappa shape index (κ2) is 6.40. The van der Waals surface area contributed by atoms with Crippen molar-refractivity contribution in [1.82, 2.24) is 0 Å². The van der Waals surface area contributed by atoms with E-state index in [1.54, 1.807) is 12.1 Å². The number of nitro benzene ring substituents is 1. The highest BCUT2D eigenvalue weighted by Crippen LogP contribution is 2.30. The topological polar surface area (TPSA) is 102 Å². The molecule has 0 aliphatic carbocycles. The number of hydrogen-bond acceptors (Lipinski definition) is 5. The molecule has 0 bridgehead atoms. The van der Waals surface area contributed by atoms with E-state index in [0.717, 1.165) is 16.4 Å². The molecule has 4 rings (SSSR count). The molecule has 1 N–H and O–H groups in total. The van der Waals surface area contributed by atoms with Crippen LogP contribution in [0.2, 0.25) is 0 Å². The molecule has 0 radical (unpaired) electrons. The highest BCUT2D eigenvalue weighted by molar-refractivity contribution is 7.91. The van der Waals surface area contributed by atoms with Gasteiger partial charge >= 0.3 is 0 Å². The molecular formula is C19H14N2O5S. The summed E-state index contributed by atoms with van der Waals surface area (Å²) in [5.74, 6) is -0.289. The van der Waals surface area contributed by atoms with Crippen molar-refractivity contribution in [1.29, 1.82) is 0 Å². The summed E-state index contributed by atoms with van der Waals surface area (Å²) in [6, 6.07) is 18.1. The quantitative estimate of drug-likeness (QED) is 0.406. The van der Waals surface area contributed by atoms with Gasteiger partial charge in [0.25, 0.3) is 5.69 Å². The summed E-state index contributed by atoms with van der Waals surface area (Å²) in [7, 11) is -3.68. The van der Waals surface area contributed by atoms with Gasteiger partial charge in [-0.3, -0.25) is 14.8 Å². The Morgan fingerprint density at radius 2 is 1.63 bits per heavy atom. The first-order valence-corrected chi connectivity index (χ1v) is 9.72. The lowest BCUT2D eigenvalue weighted by molar-refractivity contribution is -0.384. The third-order valence-electron chi connectivity index (χ3n) is 4.16. The second-order valence-corrected chi connectivity index (χ2v) is 7.82. The SMILES string of the molecule is O=[N+]([O-])c1ccc(CS(=O)(=O)Nc2ccc3c(c2)oc2ccccc23)cc1. The number of anilines is 1. The minimum absolute atomic E-state index is 0.0838. The number of nitrogens with one attached hydrogen (secondary N) is 1. The maximum absolute atomic E-state index is 12.4. The smallest absolute Gasteiger partial charge is 0.269 e. The zero-order chi connectivity index (χ0) is 19.0. The first kappa shape index (κ1) is 17.0. The highest BCUT2D eigenvalue weighted by atomic mass is 32.2. The van der Waals surface area contributed by atoms with Crippen molar-refractivity contribution >= 4 is 43.3 Å². The van der Waals surface area contributed by atoms with Gasteiger partial charge in [-0.25, -0.2) is 8.42 Å². The number of benzene rings is 3. The van der Waals surface area contributed by atoms with Gasteiger partial charge in [0, 0.05) is 29.0 Å². The van der Waals surface area contributed by atoms with Gasteiger partial charge in [0.05, 0.1) is 16.4 Å². The average molecular weight is 382 g/mol. The third-order valence-corrected chi connectivity index (χ3v) is 5.42. The molecule has 0 fully saturated rings. The number of para-hydroxylation sites is 1. The fourth-order valence-electron chi connectivity index (χ4n) is 2.94. The lowest BCUT2D eigenvalue weighted by Gasteiger charge is -2.08. The summed E-state index contributed by atoms with van der Waals surface area (Å²) >= 11 is 0. The molecule has 3 aromatic carbocycles. The minimum atomic E-state index is -3.68. The van der Waals surface area contributed by atoms with Crippen LogP contribution < -0.4 is 4.72 Å². The first-order valence-electron chi connectivity index (χ1n) is 8.06. The lowest BCUT2D eigenvalue weighted by atomic mass is 10.1. The van der Waals surface area contributed by atoms with Gasteiger partial charge in [-0.1, -0.05) is 30.3 Å². The molecule has 0 unspecified atom stereocenters. The zero-order valence-corrected chi connectivity index (χ0v) is 14.8. The molecule has 0 saturated heterocycles. The number of fused-ring (bicyclic) bond motifs is 3. The number of sulfonamides is 1. The van der Waals surface area contributed by atoms with Crippen molar-refractivity contribution in [2.75, 3.05) is 4.72 Å².